The number of hydrogen-bond acceptors (Lipinski definition) is 5. The highest BCUT2D eigenvalue weighted by Crippen LogP contribution is 2.27. The quantitative estimate of drug-likeness (QED) is 0.868. The largest absolute Gasteiger partial charge is 0.378 e. The Kier molecular flexibility index (Phi) is 5.68. The predicted octanol–water partition coefficient (Wildman–Crippen LogP) is 2.26. The lowest BCUT2D eigenvalue weighted by atomic mass is 9.94. The number of anilines is 1. The van der Waals surface area contributed by atoms with E-state index in [1.54, 1.807) is 6.07 Å². The van der Waals surface area contributed by atoms with Crippen molar-refractivity contribution in [1.82, 2.24) is 14.9 Å². The summed E-state index contributed by atoms with van der Waals surface area (Å²) in [6.07, 6.45) is 1.84. The standard InChI is InChI=1S/C20H24F2N4O2/c21-16-3-4-17(22)15(10-16)13-25-5-1-2-14(12-25)18-11-19(27)24-20(23-18)26-6-8-28-9-7-26/h3-4,10-11,14H,1-2,5-9,12-13H2,(H,23,24,27). The lowest BCUT2D eigenvalue weighted by Gasteiger charge is -2.33. The lowest BCUT2D eigenvalue weighted by Crippen LogP contribution is -2.39. The van der Waals surface area contributed by atoms with Gasteiger partial charge in [0, 0.05) is 43.7 Å². The second-order valence-electron chi connectivity index (χ2n) is 7.40. The van der Waals surface area contributed by atoms with Crippen molar-refractivity contribution in [3.8, 4) is 0 Å². The minimum Gasteiger partial charge on any atom is -0.378 e. The highest BCUT2D eigenvalue weighted by atomic mass is 19.1. The molecule has 1 unspecified atom stereocenters. The predicted molar refractivity (Wildman–Crippen MR) is 101 cm³/mol. The molecule has 6 nitrogen and oxygen atoms in total. The Morgan fingerprint density at radius 2 is 2.00 bits per heavy atom. The Hall–Kier alpha value is -2.32. The summed E-state index contributed by atoms with van der Waals surface area (Å²) in [5, 5.41) is 0. The minimum atomic E-state index is -0.434. The number of morpholine rings is 1. The number of piperidine rings is 1. The summed E-state index contributed by atoms with van der Waals surface area (Å²) in [7, 11) is 0. The number of nitrogens with one attached hydrogen (secondary N) is 1. The third-order valence-electron chi connectivity index (χ3n) is 5.39. The summed E-state index contributed by atoms with van der Waals surface area (Å²) < 4.78 is 32.8. The summed E-state index contributed by atoms with van der Waals surface area (Å²) in [5.74, 6) is -0.157. The first-order valence-electron chi connectivity index (χ1n) is 9.69. The van der Waals surface area contributed by atoms with Crippen LogP contribution in [0.3, 0.4) is 0 Å². The van der Waals surface area contributed by atoms with Crippen molar-refractivity contribution in [2.75, 3.05) is 44.3 Å². The van der Waals surface area contributed by atoms with Gasteiger partial charge in [0.05, 0.1) is 18.9 Å². The average Bonchev–Trinajstić information content (AvgIpc) is 2.71. The zero-order valence-corrected chi connectivity index (χ0v) is 15.7. The van der Waals surface area contributed by atoms with Gasteiger partial charge in [0.25, 0.3) is 5.56 Å². The number of likely N-dealkylation sites (tertiary alicyclic amines) is 1. The van der Waals surface area contributed by atoms with Gasteiger partial charge in [-0.05, 0) is 37.6 Å². The zero-order valence-electron chi connectivity index (χ0n) is 15.7. The minimum absolute atomic E-state index is 0.0902. The summed E-state index contributed by atoms with van der Waals surface area (Å²) in [6.45, 7) is 4.44. The van der Waals surface area contributed by atoms with E-state index >= 15 is 0 Å². The molecule has 4 rings (SSSR count). The first-order chi connectivity index (χ1) is 13.6. The molecule has 2 fully saturated rings. The number of aromatic nitrogens is 2. The molecule has 0 spiro atoms. The van der Waals surface area contributed by atoms with Crippen LogP contribution in [0, 0.1) is 11.6 Å². The van der Waals surface area contributed by atoms with Gasteiger partial charge >= 0.3 is 0 Å². The van der Waals surface area contributed by atoms with E-state index < -0.39 is 11.6 Å². The highest BCUT2D eigenvalue weighted by molar-refractivity contribution is 5.32. The fourth-order valence-electron chi connectivity index (χ4n) is 3.94. The second-order valence-corrected chi connectivity index (χ2v) is 7.40. The molecule has 150 valence electrons. The number of hydrogen-bond donors (Lipinski definition) is 1. The Bertz CT molecular complexity index is 883. The smallest absolute Gasteiger partial charge is 0.252 e. The van der Waals surface area contributed by atoms with Gasteiger partial charge in [-0.3, -0.25) is 14.7 Å². The first kappa shape index (κ1) is 19.0. The summed E-state index contributed by atoms with van der Waals surface area (Å²) in [6, 6.07) is 5.10. The Morgan fingerprint density at radius 1 is 1.18 bits per heavy atom. The van der Waals surface area contributed by atoms with Gasteiger partial charge in [0.2, 0.25) is 5.95 Å². The van der Waals surface area contributed by atoms with Crippen LogP contribution in [0.25, 0.3) is 0 Å². The van der Waals surface area contributed by atoms with Crippen molar-refractivity contribution in [3.05, 3.63) is 57.5 Å². The van der Waals surface area contributed by atoms with Crippen molar-refractivity contribution in [1.29, 1.82) is 0 Å². The van der Waals surface area contributed by atoms with Gasteiger partial charge in [0.15, 0.2) is 0 Å². The summed E-state index contributed by atoms with van der Waals surface area (Å²) >= 11 is 0. The van der Waals surface area contributed by atoms with Crippen molar-refractivity contribution in [3.63, 3.8) is 0 Å². The molecule has 0 amide bonds. The Balaban J connectivity index is 1.50. The van der Waals surface area contributed by atoms with Gasteiger partial charge in [-0.15, -0.1) is 0 Å². The van der Waals surface area contributed by atoms with Gasteiger partial charge in [0.1, 0.15) is 11.6 Å². The van der Waals surface area contributed by atoms with E-state index in [2.05, 4.69) is 9.88 Å². The van der Waals surface area contributed by atoms with Crippen LogP contribution < -0.4 is 10.5 Å². The van der Waals surface area contributed by atoms with E-state index in [9.17, 15) is 13.6 Å². The number of aromatic amines is 1. The number of H-pyrrole nitrogens is 1. The molecule has 2 aromatic rings. The lowest BCUT2D eigenvalue weighted by molar-refractivity contribution is 0.122. The van der Waals surface area contributed by atoms with E-state index in [0.29, 0.717) is 50.9 Å². The van der Waals surface area contributed by atoms with E-state index in [1.807, 2.05) is 4.90 Å². The average molecular weight is 390 g/mol. The van der Waals surface area contributed by atoms with E-state index in [1.165, 1.54) is 12.1 Å². The number of benzene rings is 1. The number of halogens is 2. The topological polar surface area (TPSA) is 61.5 Å². The fourth-order valence-corrected chi connectivity index (χ4v) is 3.94. The van der Waals surface area contributed by atoms with Gasteiger partial charge in [-0.1, -0.05) is 0 Å². The SMILES string of the molecule is O=c1cc(C2CCCN(Cc3cc(F)ccc3F)C2)nc(N2CCOCC2)[nH]1. The molecule has 2 aliphatic heterocycles. The Labute approximate surface area is 162 Å². The molecule has 0 radical (unpaired) electrons. The fraction of sp³-hybridized carbons (Fsp3) is 0.500. The normalized spacial score (nSPS) is 21.1. The van der Waals surface area contributed by atoms with Crippen LogP contribution in [0.5, 0.6) is 0 Å². The molecular weight excluding hydrogens is 366 g/mol. The molecule has 1 N–H and O–H groups in total. The van der Waals surface area contributed by atoms with Crippen molar-refractivity contribution in [2.24, 2.45) is 0 Å². The van der Waals surface area contributed by atoms with Crippen LogP contribution >= 0.6 is 0 Å². The summed E-state index contributed by atoms with van der Waals surface area (Å²) in [4.78, 5) is 23.8. The van der Waals surface area contributed by atoms with Crippen LogP contribution in [0.15, 0.2) is 29.1 Å². The Morgan fingerprint density at radius 3 is 2.82 bits per heavy atom. The molecule has 1 aromatic carbocycles. The second kappa shape index (κ2) is 8.36. The van der Waals surface area contributed by atoms with E-state index in [-0.39, 0.29) is 11.5 Å². The molecule has 2 aliphatic rings. The van der Waals surface area contributed by atoms with E-state index in [0.717, 1.165) is 31.1 Å². The van der Waals surface area contributed by atoms with Crippen LogP contribution in [-0.2, 0) is 11.3 Å². The molecule has 0 aliphatic carbocycles. The zero-order chi connectivity index (χ0) is 19.5. The van der Waals surface area contributed by atoms with Crippen molar-refractivity contribution < 1.29 is 13.5 Å². The van der Waals surface area contributed by atoms with Crippen molar-refractivity contribution in [2.45, 2.75) is 25.3 Å². The third kappa shape index (κ3) is 4.39. The number of nitrogens with zero attached hydrogens (tertiary/aromatic N) is 3. The number of rotatable bonds is 4. The van der Waals surface area contributed by atoms with Crippen LogP contribution in [0.4, 0.5) is 14.7 Å². The third-order valence-corrected chi connectivity index (χ3v) is 5.39. The van der Waals surface area contributed by atoms with E-state index in [4.69, 9.17) is 9.72 Å². The molecule has 0 saturated carbocycles. The van der Waals surface area contributed by atoms with Gasteiger partial charge < -0.3 is 9.64 Å². The first-order valence-corrected chi connectivity index (χ1v) is 9.69. The molecule has 1 atom stereocenters. The molecule has 28 heavy (non-hydrogen) atoms. The molecule has 1 aromatic heterocycles. The summed E-state index contributed by atoms with van der Waals surface area (Å²) in [5.41, 5.74) is 0.947. The maximum atomic E-state index is 14.0. The molecule has 3 heterocycles. The molecule has 2 saturated heterocycles. The monoisotopic (exact) mass is 390 g/mol. The van der Waals surface area contributed by atoms with Crippen molar-refractivity contribution >= 4 is 5.95 Å². The van der Waals surface area contributed by atoms with Crippen LogP contribution in [0.1, 0.15) is 30.0 Å². The maximum Gasteiger partial charge on any atom is 0.252 e. The van der Waals surface area contributed by atoms with Gasteiger partial charge in [-0.25, -0.2) is 13.8 Å². The molecule has 8 heteroatoms. The number of ether oxygens (including phenoxy) is 1. The van der Waals surface area contributed by atoms with Crippen LogP contribution in [-0.4, -0.2) is 54.3 Å². The molecular formula is C20H24F2N4O2. The van der Waals surface area contributed by atoms with Gasteiger partial charge in [-0.2, -0.15) is 0 Å². The molecule has 0 bridgehead atoms. The van der Waals surface area contributed by atoms with Crippen LogP contribution in [0.2, 0.25) is 0 Å². The highest BCUT2D eigenvalue weighted by Gasteiger charge is 2.25. The maximum absolute atomic E-state index is 14.0.